The number of hydrogen-bond acceptors (Lipinski definition) is 4. The van der Waals surface area contributed by atoms with Crippen LogP contribution in [0.15, 0.2) is 45.4 Å². The number of amides is 1. The highest BCUT2D eigenvalue weighted by atomic mass is 32.2. The molecule has 2 rings (SSSR count). The zero-order valence-corrected chi connectivity index (χ0v) is 13.0. The first-order valence-electron chi connectivity index (χ1n) is 6.44. The highest BCUT2D eigenvalue weighted by molar-refractivity contribution is 7.97. The largest absolute Gasteiger partial charge is 0.366 e. The number of carbonyl (C=O) groups is 1. The zero-order valence-electron chi connectivity index (χ0n) is 12.2. The van der Waals surface area contributed by atoms with Gasteiger partial charge in [0.05, 0.1) is 0 Å². The van der Waals surface area contributed by atoms with E-state index in [1.807, 2.05) is 30.3 Å². The summed E-state index contributed by atoms with van der Waals surface area (Å²) >= 11 is 1.41. The molecule has 0 aliphatic carbocycles. The highest BCUT2D eigenvalue weighted by Crippen LogP contribution is 2.29. The van der Waals surface area contributed by atoms with Gasteiger partial charge in [-0.1, -0.05) is 18.2 Å². The van der Waals surface area contributed by atoms with Crippen LogP contribution in [0, 0.1) is 11.3 Å². The molecule has 21 heavy (non-hydrogen) atoms. The minimum Gasteiger partial charge on any atom is -0.366 e. The molecule has 108 valence electrons. The molecule has 5 nitrogen and oxygen atoms in total. The van der Waals surface area contributed by atoms with Gasteiger partial charge in [-0.05, 0) is 30.5 Å². The highest BCUT2D eigenvalue weighted by Gasteiger charge is 2.20. The number of benzene rings is 1. The van der Waals surface area contributed by atoms with Gasteiger partial charge in [0.25, 0.3) is 5.91 Å². The van der Waals surface area contributed by atoms with Gasteiger partial charge in [0.15, 0.2) is 0 Å². The van der Waals surface area contributed by atoms with E-state index in [4.69, 9.17) is 0 Å². The molecule has 1 aromatic rings. The molecule has 1 amide bonds. The summed E-state index contributed by atoms with van der Waals surface area (Å²) in [6.07, 6.45) is 0.536. The third kappa shape index (κ3) is 3.44. The second kappa shape index (κ2) is 6.46. The summed E-state index contributed by atoms with van der Waals surface area (Å²) in [6.45, 7) is 1.73. The third-order valence-electron chi connectivity index (χ3n) is 3.16. The maximum Gasteiger partial charge on any atom is 0.291 e. The van der Waals surface area contributed by atoms with E-state index >= 15 is 0 Å². The molecule has 0 spiro atoms. The number of aliphatic imine (C=N–C) groups is 1. The number of nitrogens with zero attached hydrogens (tertiary/aromatic N) is 3. The SMILES string of the molecule is CC(=NC(=O)/C(C#N)=C1\Cc2ccccc2SN1)N(C)C. The Kier molecular flexibility index (Phi) is 4.66. The summed E-state index contributed by atoms with van der Waals surface area (Å²) in [7, 11) is 3.60. The van der Waals surface area contributed by atoms with Gasteiger partial charge in [0.2, 0.25) is 0 Å². The minimum absolute atomic E-state index is 0.0678. The summed E-state index contributed by atoms with van der Waals surface area (Å²) in [5.41, 5.74) is 1.78. The summed E-state index contributed by atoms with van der Waals surface area (Å²) < 4.78 is 3.08. The number of nitrogens with one attached hydrogen (secondary N) is 1. The molecular formula is C15H16N4OS. The summed E-state index contributed by atoms with van der Waals surface area (Å²) in [6, 6.07) is 9.89. The van der Waals surface area contributed by atoms with Crippen LogP contribution in [-0.2, 0) is 11.2 Å². The molecule has 0 radical (unpaired) electrons. The molecule has 0 unspecified atom stereocenters. The van der Waals surface area contributed by atoms with Gasteiger partial charge in [-0.15, -0.1) is 0 Å². The van der Waals surface area contributed by atoms with E-state index < -0.39 is 5.91 Å². The van der Waals surface area contributed by atoms with Gasteiger partial charge in [-0.25, -0.2) is 0 Å². The van der Waals surface area contributed by atoms with Crippen molar-refractivity contribution in [1.29, 1.82) is 5.26 Å². The lowest BCUT2D eigenvalue weighted by Gasteiger charge is -2.20. The smallest absolute Gasteiger partial charge is 0.291 e. The van der Waals surface area contributed by atoms with E-state index in [0.29, 0.717) is 18.0 Å². The van der Waals surface area contributed by atoms with E-state index in [-0.39, 0.29) is 5.57 Å². The minimum atomic E-state index is -0.508. The maximum absolute atomic E-state index is 12.2. The fraction of sp³-hybridized carbons (Fsp3) is 0.267. The Hall–Kier alpha value is -2.26. The lowest BCUT2D eigenvalue weighted by Crippen LogP contribution is -2.22. The lowest BCUT2D eigenvalue weighted by atomic mass is 10.1. The lowest BCUT2D eigenvalue weighted by molar-refractivity contribution is -0.114. The molecule has 0 saturated heterocycles. The van der Waals surface area contributed by atoms with Crippen LogP contribution in [0.4, 0.5) is 0 Å². The van der Waals surface area contributed by atoms with Gasteiger partial charge in [0.1, 0.15) is 17.5 Å². The van der Waals surface area contributed by atoms with Gasteiger partial charge in [0, 0.05) is 31.1 Å². The molecule has 0 atom stereocenters. The Balaban J connectivity index is 2.32. The van der Waals surface area contributed by atoms with Crippen molar-refractivity contribution in [1.82, 2.24) is 9.62 Å². The molecule has 1 N–H and O–H groups in total. The molecule has 1 heterocycles. The van der Waals surface area contributed by atoms with Crippen molar-refractivity contribution < 1.29 is 4.79 Å². The molecule has 1 aromatic carbocycles. The van der Waals surface area contributed by atoms with E-state index in [9.17, 15) is 10.1 Å². The van der Waals surface area contributed by atoms with Crippen molar-refractivity contribution >= 4 is 23.7 Å². The number of carbonyl (C=O) groups excluding carboxylic acids is 1. The molecule has 0 fully saturated rings. The Bertz CT molecular complexity index is 670. The number of amidine groups is 1. The van der Waals surface area contributed by atoms with Gasteiger partial charge < -0.3 is 9.62 Å². The molecule has 0 bridgehead atoms. The second-order valence-electron chi connectivity index (χ2n) is 4.81. The molecule has 0 saturated carbocycles. The van der Waals surface area contributed by atoms with E-state index in [1.165, 1.54) is 11.9 Å². The molecular weight excluding hydrogens is 284 g/mol. The number of allylic oxidation sites excluding steroid dienone is 1. The quantitative estimate of drug-likeness (QED) is 0.283. The monoisotopic (exact) mass is 300 g/mol. The molecule has 0 aromatic heterocycles. The van der Waals surface area contributed by atoms with Crippen molar-refractivity contribution in [2.45, 2.75) is 18.2 Å². The third-order valence-corrected chi connectivity index (χ3v) is 4.13. The Labute approximate surface area is 128 Å². The van der Waals surface area contributed by atoms with Crippen LogP contribution in [0.2, 0.25) is 0 Å². The first-order valence-corrected chi connectivity index (χ1v) is 7.25. The van der Waals surface area contributed by atoms with Crippen molar-refractivity contribution in [2.24, 2.45) is 4.99 Å². The Morgan fingerprint density at radius 2 is 2.14 bits per heavy atom. The summed E-state index contributed by atoms with van der Waals surface area (Å²) in [5, 5.41) is 9.29. The average Bonchev–Trinajstić information content (AvgIpc) is 2.47. The average molecular weight is 300 g/mol. The predicted molar refractivity (Wildman–Crippen MR) is 83.6 cm³/mol. The normalized spacial score (nSPS) is 16.4. The van der Waals surface area contributed by atoms with Crippen LogP contribution in [0.25, 0.3) is 0 Å². The van der Waals surface area contributed by atoms with E-state index in [2.05, 4.69) is 9.71 Å². The van der Waals surface area contributed by atoms with Gasteiger partial charge in [-0.2, -0.15) is 10.3 Å². The number of hydrogen-bond donors (Lipinski definition) is 1. The number of fused-ring (bicyclic) bond motifs is 1. The fourth-order valence-electron chi connectivity index (χ4n) is 1.78. The maximum atomic E-state index is 12.2. The van der Waals surface area contributed by atoms with Crippen molar-refractivity contribution in [3.8, 4) is 6.07 Å². The first-order chi connectivity index (χ1) is 10.0. The molecule has 1 aliphatic rings. The van der Waals surface area contributed by atoms with Crippen LogP contribution in [0.1, 0.15) is 12.5 Å². The fourth-order valence-corrected chi connectivity index (χ4v) is 2.60. The van der Waals surface area contributed by atoms with Crippen molar-refractivity contribution in [3.05, 3.63) is 41.1 Å². The van der Waals surface area contributed by atoms with Crippen LogP contribution < -0.4 is 4.72 Å². The van der Waals surface area contributed by atoms with Gasteiger partial charge in [-0.3, -0.25) is 4.79 Å². The first kappa shape index (κ1) is 15.1. The van der Waals surface area contributed by atoms with Crippen LogP contribution in [-0.4, -0.2) is 30.7 Å². The van der Waals surface area contributed by atoms with Crippen LogP contribution in [0.3, 0.4) is 0 Å². The zero-order chi connectivity index (χ0) is 15.4. The summed E-state index contributed by atoms with van der Waals surface area (Å²) in [5.74, 6) is 0.0587. The van der Waals surface area contributed by atoms with Crippen LogP contribution >= 0.6 is 11.9 Å². The Morgan fingerprint density at radius 3 is 2.81 bits per heavy atom. The van der Waals surface area contributed by atoms with Gasteiger partial charge >= 0.3 is 0 Å². The van der Waals surface area contributed by atoms with Crippen molar-refractivity contribution in [3.63, 3.8) is 0 Å². The van der Waals surface area contributed by atoms with Crippen LogP contribution in [0.5, 0.6) is 0 Å². The molecule has 6 heteroatoms. The summed E-state index contributed by atoms with van der Waals surface area (Å²) in [4.78, 5) is 19.0. The second-order valence-corrected chi connectivity index (χ2v) is 5.66. The van der Waals surface area contributed by atoms with Crippen molar-refractivity contribution in [2.75, 3.05) is 14.1 Å². The van der Waals surface area contributed by atoms with E-state index in [0.717, 1.165) is 10.5 Å². The Morgan fingerprint density at radius 1 is 1.43 bits per heavy atom. The predicted octanol–water partition coefficient (Wildman–Crippen LogP) is 2.12. The molecule has 1 aliphatic heterocycles. The number of nitriles is 1. The standard InChI is InChI=1S/C15H16N4OS/c1-10(19(2)3)17-15(20)12(9-16)13-8-11-6-4-5-7-14(11)21-18-13/h4-7,18H,8H2,1-3H3/b13-12+,17-10?. The number of rotatable bonds is 1. The van der Waals surface area contributed by atoms with E-state index in [1.54, 1.807) is 25.9 Å². The topological polar surface area (TPSA) is 68.5 Å².